The Hall–Kier alpha value is -4.34. The highest BCUT2D eigenvalue weighted by Gasteiger charge is 2.47. The molecule has 0 bridgehead atoms. The second kappa shape index (κ2) is 10.4. The average Bonchev–Trinajstić information content (AvgIpc) is 2.90. The quantitative estimate of drug-likeness (QED) is 0.221. The first-order valence-electron chi connectivity index (χ1n) is 12.5. The topological polar surface area (TPSA) is 139 Å². The lowest BCUT2D eigenvalue weighted by Crippen LogP contribution is -2.42. The van der Waals surface area contributed by atoms with E-state index in [0.717, 1.165) is 0 Å². The van der Waals surface area contributed by atoms with Gasteiger partial charge in [-0.25, -0.2) is 9.59 Å². The maximum absolute atomic E-state index is 12.8. The molecule has 10 nitrogen and oxygen atoms in total. The summed E-state index contributed by atoms with van der Waals surface area (Å²) in [4.78, 5) is 46.3. The van der Waals surface area contributed by atoms with Crippen LogP contribution in [0.3, 0.4) is 0 Å². The number of non-ortho nitro benzene ring substituents is 2. The predicted octanol–water partition coefficient (Wildman–Crippen LogP) is 6.22. The van der Waals surface area contributed by atoms with E-state index in [1.165, 1.54) is 65.3 Å². The van der Waals surface area contributed by atoms with Gasteiger partial charge in [0.25, 0.3) is 11.4 Å². The van der Waals surface area contributed by atoms with Crippen molar-refractivity contribution in [1.82, 2.24) is 0 Å². The van der Waals surface area contributed by atoms with Crippen LogP contribution in [0.2, 0.25) is 0 Å². The van der Waals surface area contributed by atoms with Gasteiger partial charge in [0.05, 0.1) is 21.0 Å². The zero-order chi connectivity index (χ0) is 28.5. The first-order chi connectivity index (χ1) is 18.3. The van der Waals surface area contributed by atoms with Gasteiger partial charge in [0.15, 0.2) is 0 Å². The van der Waals surface area contributed by atoms with Crippen LogP contribution in [0.4, 0.5) is 11.4 Å². The second-order valence-corrected chi connectivity index (χ2v) is 11.3. The number of fused-ring (bicyclic) bond motifs is 1. The lowest BCUT2D eigenvalue weighted by Gasteiger charge is -2.49. The van der Waals surface area contributed by atoms with E-state index in [-0.39, 0.29) is 41.1 Å². The number of carbonyl (C=O) groups is 2. The molecule has 4 rings (SSSR count). The SMILES string of the molecule is CC1=C2CC(COC(=O)c3ccc([N+](=O)[O-])cc3)(COC(=O)c3ccc([N+](=O)[O-])cc3)CC=C2C1C(C)(C)C. The molecule has 0 amide bonds. The first-order valence-corrected chi connectivity index (χ1v) is 12.5. The van der Waals surface area contributed by atoms with E-state index in [1.54, 1.807) is 0 Å². The molecule has 0 saturated carbocycles. The Morgan fingerprint density at radius 3 is 1.69 bits per heavy atom. The molecule has 204 valence electrons. The van der Waals surface area contributed by atoms with Crippen molar-refractivity contribution in [2.75, 3.05) is 13.2 Å². The largest absolute Gasteiger partial charge is 0.461 e. The van der Waals surface area contributed by atoms with Gasteiger partial charge in [-0.15, -0.1) is 0 Å². The number of benzene rings is 2. The van der Waals surface area contributed by atoms with Gasteiger partial charge in [-0.3, -0.25) is 20.2 Å². The predicted molar refractivity (Wildman–Crippen MR) is 142 cm³/mol. The minimum atomic E-state index is -0.712. The van der Waals surface area contributed by atoms with Crippen molar-refractivity contribution in [3.63, 3.8) is 0 Å². The Balaban J connectivity index is 1.52. The van der Waals surface area contributed by atoms with Crippen molar-refractivity contribution in [1.29, 1.82) is 0 Å². The van der Waals surface area contributed by atoms with Crippen LogP contribution in [0.25, 0.3) is 0 Å². The van der Waals surface area contributed by atoms with Gasteiger partial charge in [0.2, 0.25) is 0 Å². The van der Waals surface area contributed by atoms with E-state index >= 15 is 0 Å². The van der Waals surface area contributed by atoms with E-state index in [1.807, 2.05) is 0 Å². The average molecular weight is 535 g/mol. The van der Waals surface area contributed by atoms with Crippen molar-refractivity contribution >= 4 is 23.3 Å². The summed E-state index contributed by atoms with van der Waals surface area (Å²) in [6.45, 7) is 8.62. The number of nitro groups is 2. The number of allylic oxidation sites excluding steroid dienone is 4. The molecule has 0 spiro atoms. The summed E-state index contributed by atoms with van der Waals surface area (Å²) in [6, 6.07) is 10.3. The lowest BCUT2D eigenvalue weighted by molar-refractivity contribution is -0.385. The molecule has 10 heteroatoms. The van der Waals surface area contributed by atoms with Gasteiger partial charge in [0, 0.05) is 35.6 Å². The van der Waals surface area contributed by atoms with E-state index in [4.69, 9.17) is 9.47 Å². The molecule has 0 heterocycles. The van der Waals surface area contributed by atoms with Crippen molar-refractivity contribution in [2.45, 2.75) is 40.5 Å². The number of hydrogen-bond donors (Lipinski definition) is 0. The van der Waals surface area contributed by atoms with Crippen LogP contribution in [0.1, 0.15) is 61.3 Å². The van der Waals surface area contributed by atoms with Crippen LogP contribution >= 0.6 is 0 Å². The molecule has 2 aromatic carbocycles. The van der Waals surface area contributed by atoms with Crippen molar-refractivity contribution in [2.24, 2.45) is 16.7 Å². The molecule has 0 radical (unpaired) electrons. The van der Waals surface area contributed by atoms with Gasteiger partial charge < -0.3 is 9.47 Å². The highest BCUT2D eigenvalue weighted by Crippen LogP contribution is 2.56. The molecular weight excluding hydrogens is 504 g/mol. The highest BCUT2D eigenvalue weighted by atomic mass is 16.6. The Morgan fingerprint density at radius 1 is 0.872 bits per heavy atom. The molecule has 0 N–H and O–H groups in total. The van der Waals surface area contributed by atoms with Crippen LogP contribution in [0.5, 0.6) is 0 Å². The summed E-state index contributed by atoms with van der Waals surface area (Å²) >= 11 is 0. The van der Waals surface area contributed by atoms with E-state index in [2.05, 4.69) is 33.8 Å². The summed E-state index contributed by atoms with van der Waals surface area (Å²) in [7, 11) is 0. The molecule has 39 heavy (non-hydrogen) atoms. The summed E-state index contributed by atoms with van der Waals surface area (Å²) in [5.41, 5.74) is 3.16. The fourth-order valence-electron chi connectivity index (χ4n) is 5.41. The third-order valence-electron chi connectivity index (χ3n) is 7.39. The molecule has 0 fully saturated rings. The van der Waals surface area contributed by atoms with E-state index < -0.39 is 27.2 Å². The number of nitro benzene ring substituents is 2. The highest BCUT2D eigenvalue weighted by molar-refractivity contribution is 5.90. The molecule has 2 aliphatic rings. The summed E-state index contributed by atoms with van der Waals surface area (Å²) in [6.07, 6.45) is 3.21. The maximum atomic E-state index is 12.8. The van der Waals surface area contributed by atoms with Crippen molar-refractivity contribution in [3.05, 3.63) is 103 Å². The van der Waals surface area contributed by atoms with Gasteiger partial charge in [-0.2, -0.15) is 0 Å². The Bertz CT molecular complexity index is 1310. The van der Waals surface area contributed by atoms with Gasteiger partial charge in [0.1, 0.15) is 13.2 Å². The third-order valence-corrected chi connectivity index (χ3v) is 7.39. The minimum Gasteiger partial charge on any atom is -0.461 e. The summed E-state index contributed by atoms with van der Waals surface area (Å²) < 4.78 is 11.3. The first kappa shape index (κ1) is 27.7. The maximum Gasteiger partial charge on any atom is 0.338 e. The number of nitrogens with zero attached hydrogens (tertiary/aromatic N) is 2. The molecule has 2 aliphatic carbocycles. The molecule has 1 atom stereocenters. The fraction of sp³-hybridized carbons (Fsp3) is 0.379. The Labute approximate surface area is 225 Å². The number of ether oxygens (including phenoxy) is 2. The molecule has 1 unspecified atom stereocenters. The molecular formula is C29H30N2O8. The van der Waals surface area contributed by atoms with Crippen LogP contribution < -0.4 is 0 Å². The number of esters is 2. The van der Waals surface area contributed by atoms with E-state index in [0.29, 0.717) is 18.8 Å². The summed E-state index contributed by atoms with van der Waals surface area (Å²) in [5.74, 6) is -0.934. The number of carbonyl (C=O) groups excluding carboxylic acids is 2. The van der Waals surface area contributed by atoms with Crippen LogP contribution in [0, 0.1) is 37.0 Å². The van der Waals surface area contributed by atoms with Gasteiger partial charge in [-0.1, -0.05) is 32.4 Å². The minimum absolute atomic E-state index is 0.0306. The van der Waals surface area contributed by atoms with E-state index in [9.17, 15) is 29.8 Å². The monoisotopic (exact) mass is 534 g/mol. The fourth-order valence-corrected chi connectivity index (χ4v) is 5.41. The van der Waals surface area contributed by atoms with Gasteiger partial charge >= 0.3 is 11.9 Å². The lowest BCUT2D eigenvalue weighted by atomic mass is 9.56. The smallest absolute Gasteiger partial charge is 0.338 e. The Morgan fingerprint density at radius 2 is 1.31 bits per heavy atom. The molecule has 2 aromatic rings. The van der Waals surface area contributed by atoms with Crippen LogP contribution in [-0.4, -0.2) is 35.0 Å². The van der Waals surface area contributed by atoms with Crippen LogP contribution in [-0.2, 0) is 9.47 Å². The van der Waals surface area contributed by atoms with Gasteiger partial charge in [-0.05, 0) is 60.6 Å². The normalized spacial score (nSPS) is 17.8. The van der Waals surface area contributed by atoms with Crippen molar-refractivity contribution in [3.8, 4) is 0 Å². The number of rotatable bonds is 8. The van der Waals surface area contributed by atoms with Crippen LogP contribution in [0.15, 0.2) is 71.3 Å². The standard InChI is InChI=1S/C29H30N2O8/c1-18-24-15-29(14-13-23(24)25(18)28(2,3)4,16-38-26(32)19-5-9-21(10-6-19)30(34)35)17-39-27(33)20-7-11-22(12-8-20)31(36)37/h5-13,25H,14-17H2,1-4H3. The Kier molecular flexibility index (Phi) is 7.41. The summed E-state index contributed by atoms with van der Waals surface area (Å²) in [5, 5.41) is 21.8. The van der Waals surface area contributed by atoms with Crippen molar-refractivity contribution < 1.29 is 28.9 Å². The molecule has 0 saturated heterocycles. The molecule has 0 aromatic heterocycles. The second-order valence-electron chi connectivity index (χ2n) is 11.3. The number of hydrogen-bond acceptors (Lipinski definition) is 8. The molecule has 0 aliphatic heterocycles. The zero-order valence-corrected chi connectivity index (χ0v) is 22.3. The third kappa shape index (κ3) is 5.74. The zero-order valence-electron chi connectivity index (χ0n) is 22.3.